The number of hydrogen-bond donors (Lipinski definition) is 1. The van der Waals surface area contributed by atoms with Crippen LogP contribution in [0.3, 0.4) is 0 Å². The van der Waals surface area contributed by atoms with Crippen LogP contribution >= 0.6 is 0 Å². The van der Waals surface area contributed by atoms with Crippen LogP contribution < -0.4 is 5.32 Å². The molecular weight excluding hydrogens is 218 g/mol. The Balaban J connectivity index is 1.95. The first kappa shape index (κ1) is 12.2. The van der Waals surface area contributed by atoms with E-state index in [1.54, 1.807) is 11.1 Å². The minimum atomic E-state index is 0.538. The first-order chi connectivity index (χ1) is 8.70. The Hall–Kier alpha value is -0.820. The number of quaternary nitrogens is 1. The van der Waals surface area contributed by atoms with Crippen molar-refractivity contribution < 1.29 is 5.32 Å². The number of rotatable bonds is 0. The predicted octanol–water partition coefficient (Wildman–Crippen LogP) is 3.52. The largest absolute Gasteiger partial charge is 0.335 e. The summed E-state index contributed by atoms with van der Waals surface area (Å²) in [6, 6.07) is 9.74. The van der Waals surface area contributed by atoms with Crippen LogP contribution in [0.5, 0.6) is 0 Å². The summed E-state index contributed by atoms with van der Waals surface area (Å²) in [5.41, 5.74) is 3.71. The maximum Gasteiger partial charge on any atom is 0.109 e. The molecule has 1 aromatic rings. The maximum absolute atomic E-state index is 2.70. The summed E-state index contributed by atoms with van der Waals surface area (Å²) >= 11 is 0. The van der Waals surface area contributed by atoms with E-state index in [2.05, 4.69) is 43.4 Å². The van der Waals surface area contributed by atoms with Crippen LogP contribution in [0.25, 0.3) is 0 Å². The van der Waals surface area contributed by atoms with E-state index in [1.165, 1.54) is 38.5 Å². The molecule has 1 fully saturated rings. The molecule has 3 rings (SSSR count). The van der Waals surface area contributed by atoms with Gasteiger partial charge in [-0.25, -0.2) is 0 Å². The second kappa shape index (κ2) is 4.70. The van der Waals surface area contributed by atoms with Gasteiger partial charge in [0.1, 0.15) is 6.04 Å². The topological polar surface area (TPSA) is 16.6 Å². The van der Waals surface area contributed by atoms with E-state index in [1.807, 2.05) is 0 Å². The Kier molecular flexibility index (Phi) is 3.19. The lowest BCUT2D eigenvalue weighted by Gasteiger charge is -2.36. The van der Waals surface area contributed by atoms with Crippen molar-refractivity contribution in [3.05, 3.63) is 35.4 Å². The summed E-state index contributed by atoms with van der Waals surface area (Å²) < 4.78 is 0. The summed E-state index contributed by atoms with van der Waals surface area (Å²) in [6.07, 6.45) is 8.55. The van der Waals surface area contributed by atoms with Crippen LogP contribution in [0, 0.1) is 0 Å². The van der Waals surface area contributed by atoms with E-state index >= 15 is 0 Å². The minimum Gasteiger partial charge on any atom is -0.335 e. The summed E-state index contributed by atoms with van der Waals surface area (Å²) in [4.78, 5) is 0. The fourth-order valence-corrected chi connectivity index (χ4v) is 4.41. The molecule has 2 N–H and O–H groups in total. The van der Waals surface area contributed by atoms with Gasteiger partial charge >= 0.3 is 0 Å². The first-order valence-corrected chi connectivity index (χ1v) is 7.65. The number of fused-ring (bicyclic) bond motifs is 1. The molecule has 0 saturated heterocycles. The maximum atomic E-state index is 2.70. The Bertz CT molecular complexity index is 384. The molecule has 0 unspecified atom stereocenters. The highest BCUT2D eigenvalue weighted by Crippen LogP contribution is 2.38. The Morgan fingerprint density at radius 1 is 1.00 bits per heavy atom. The molecule has 1 saturated carbocycles. The Morgan fingerprint density at radius 2 is 1.67 bits per heavy atom. The molecule has 1 heteroatoms. The quantitative estimate of drug-likeness (QED) is 0.719. The van der Waals surface area contributed by atoms with Crippen LogP contribution in [-0.2, 0) is 0 Å². The third-order valence-electron chi connectivity index (χ3n) is 5.18. The lowest BCUT2D eigenvalue weighted by molar-refractivity contribution is -0.763. The van der Waals surface area contributed by atoms with E-state index in [9.17, 15) is 0 Å². The van der Waals surface area contributed by atoms with E-state index in [4.69, 9.17) is 0 Å². The molecule has 1 heterocycles. The second-order valence-corrected chi connectivity index (χ2v) is 6.61. The van der Waals surface area contributed by atoms with E-state index in [-0.39, 0.29) is 0 Å². The second-order valence-electron chi connectivity index (χ2n) is 6.61. The smallest absolute Gasteiger partial charge is 0.109 e. The van der Waals surface area contributed by atoms with Gasteiger partial charge in [-0.15, -0.1) is 0 Å². The van der Waals surface area contributed by atoms with Crippen molar-refractivity contribution in [3.8, 4) is 0 Å². The fourth-order valence-electron chi connectivity index (χ4n) is 4.41. The standard InChI is InChI=1S/C17H25N/c1-13-12-17(10-6-3-7-11-17)18-14(2)16-9-5-4-8-15(13)16/h4-5,8-9,13-14,18H,3,6-7,10-12H2,1-2H3/p+1/t13-,14-/m1/s1. The first-order valence-electron chi connectivity index (χ1n) is 7.65. The van der Waals surface area contributed by atoms with Crippen molar-refractivity contribution in [2.45, 2.75) is 69.9 Å². The van der Waals surface area contributed by atoms with Gasteiger partial charge in [0, 0.05) is 24.8 Å². The summed E-state index contributed by atoms with van der Waals surface area (Å²) in [7, 11) is 0. The van der Waals surface area contributed by atoms with Crippen molar-refractivity contribution in [1.29, 1.82) is 0 Å². The zero-order chi connectivity index (χ0) is 12.6. The SMILES string of the molecule is C[C@@H]1CC2(CCCCC2)[NH2+][C@H](C)c2ccccc21. The van der Waals surface area contributed by atoms with Gasteiger partial charge < -0.3 is 5.32 Å². The molecule has 98 valence electrons. The molecule has 0 radical (unpaired) electrons. The Morgan fingerprint density at radius 3 is 2.39 bits per heavy atom. The lowest BCUT2D eigenvalue weighted by Crippen LogP contribution is -2.97. The highest BCUT2D eigenvalue weighted by atomic mass is 15.0. The molecule has 1 aliphatic carbocycles. The number of nitrogens with two attached hydrogens (primary N) is 1. The van der Waals surface area contributed by atoms with Gasteiger partial charge in [-0.1, -0.05) is 37.6 Å². The van der Waals surface area contributed by atoms with Crippen LogP contribution in [-0.4, -0.2) is 5.54 Å². The normalized spacial score (nSPS) is 30.8. The van der Waals surface area contributed by atoms with E-state index in [0.29, 0.717) is 11.6 Å². The van der Waals surface area contributed by atoms with Crippen LogP contribution in [0.2, 0.25) is 0 Å². The van der Waals surface area contributed by atoms with Gasteiger partial charge in [0.2, 0.25) is 0 Å². The summed E-state index contributed by atoms with van der Waals surface area (Å²) in [5.74, 6) is 0.723. The van der Waals surface area contributed by atoms with Crippen LogP contribution in [0.4, 0.5) is 0 Å². The Labute approximate surface area is 111 Å². The van der Waals surface area contributed by atoms with Gasteiger partial charge in [-0.2, -0.15) is 0 Å². The van der Waals surface area contributed by atoms with Crippen molar-refractivity contribution in [2.75, 3.05) is 0 Å². The minimum absolute atomic E-state index is 0.538. The predicted molar refractivity (Wildman–Crippen MR) is 75.6 cm³/mol. The van der Waals surface area contributed by atoms with Crippen molar-refractivity contribution in [3.63, 3.8) is 0 Å². The van der Waals surface area contributed by atoms with Gasteiger partial charge in [0.25, 0.3) is 0 Å². The van der Waals surface area contributed by atoms with Crippen molar-refractivity contribution in [1.82, 2.24) is 0 Å². The fraction of sp³-hybridized carbons (Fsp3) is 0.647. The highest BCUT2D eigenvalue weighted by Gasteiger charge is 2.41. The molecular formula is C17H26N+. The lowest BCUT2D eigenvalue weighted by atomic mass is 9.75. The van der Waals surface area contributed by atoms with Crippen molar-refractivity contribution in [2.24, 2.45) is 0 Å². The monoisotopic (exact) mass is 244 g/mol. The number of benzene rings is 1. The van der Waals surface area contributed by atoms with Gasteiger partial charge in [-0.3, -0.25) is 0 Å². The molecule has 1 spiro atoms. The molecule has 2 aliphatic rings. The average molecular weight is 244 g/mol. The molecule has 0 bridgehead atoms. The van der Waals surface area contributed by atoms with Gasteiger partial charge in [0.05, 0.1) is 5.54 Å². The molecule has 1 aromatic carbocycles. The third-order valence-corrected chi connectivity index (χ3v) is 5.18. The molecule has 18 heavy (non-hydrogen) atoms. The van der Waals surface area contributed by atoms with Crippen LogP contribution in [0.15, 0.2) is 24.3 Å². The summed E-state index contributed by atoms with van der Waals surface area (Å²) in [6.45, 7) is 4.83. The van der Waals surface area contributed by atoms with Gasteiger partial charge in [-0.05, 0) is 31.2 Å². The molecule has 0 amide bonds. The summed E-state index contributed by atoms with van der Waals surface area (Å²) in [5, 5.41) is 2.70. The molecule has 2 atom stereocenters. The van der Waals surface area contributed by atoms with E-state index in [0.717, 1.165) is 5.92 Å². The molecule has 1 nitrogen and oxygen atoms in total. The zero-order valence-corrected chi connectivity index (χ0v) is 11.8. The molecule has 1 aliphatic heterocycles. The van der Waals surface area contributed by atoms with Crippen LogP contribution in [0.1, 0.15) is 75.5 Å². The van der Waals surface area contributed by atoms with E-state index < -0.39 is 0 Å². The van der Waals surface area contributed by atoms with Gasteiger partial charge in [0.15, 0.2) is 0 Å². The number of hydrogen-bond acceptors (Lipinski definition) is 0. The highest BCUT2D eigenvalue weighted by molar-refractivity contribution is 5.32. The molecule has 0 aromatic heterocycles. The average Bonchev–Trinajstić information content (AvgIpc) is 2.48. The van der Waals surface area contributed by atoms with Crippen molar-refractivity contribution >= 4 is 0 Å². The third kappa shape index (κ3) is 2.09. The zero-order valence-electron chi connectivity index (χ0n) is 11.8.